The number of hydrogen-bond acceptors (Lipinski definition) is 7. The largest absolute Gasteiger partial charge is 0.496 e. The fourth-order valence-corrected chi connectivity index (χ4v) is 5.85. The molecule has 1 aliphatic heterocycles. The Morgan fingerprint density at radius 1 is 0.949 bits per heavy atom. The van der Waals surface area contributed by atoms with Crippen molar-refractivity contribution in [1.29, 1.82) is 0 Å². The number of rotatable bonds is 7. The van der Waals surface area contributed by atoms with Crippen LogP contribution in [-0.2, 0) is 14.8 Å². The average Bonchev–Trinajstić information content (AvgIpc) is 2.96. The molecule has 0 atom stereocenters. The van der Waals surface area contributed by atoms with E-state index in [1.165, 1.54) is 28.4 Å². The molecular weight excluding hydrogens is 527 g/mol. The standard InChI is InChI=1S/C28H25FN2O7S/c1-36-23-8-4-3-7-22(23)27-28(26(33)21-6-2-5-9-24(21)38-27)37-18-25(32)30-14-16-31(17-15-30)39(34,35)20-12-10-19(29)11-13-20/h2-13H,14-18H2,1H3. The van der Waals surface area contributed by atoms with Gasteiger partial charge in [-0.05, 0) is 48.5 Å². The fraction of sp³-hybridized carbons (Fsp3) is 0.214. The number of nitrogens with zero attached hydrogens (tertiary/aromatic N) is 2. The Bertz CT molecular complexity index is 1680. The smallest absolute Gasteiger partial charge is 0.260 e. The first-order chi connectivity index (χ1) is 18.8. The molecule has 5 rings (SSSR count). The number of methoxy groups -OCH3 is 1. The van der Waals surface area contributed by atoms with Crippen molar-refractivity contribution < 1.29 is 31.5 Å². The van der Waals surface area contributed by atoms with Gasteiger partial charge in [0, 0.05) is 26.2 Å². The zero-order valence-corrected chi connectivity index (χ0v) is 21.8. The van der Waals surface area contributed by atoms with E-state index in [0.29, 0.717) is 22.3 Å². The molecule has 4 aromatic rings. The van der Waals surface area contributed by atoms with Crippen molar-refractivity contribution >= 4 is 26.9 Å². The number of amides is 1. The highest BCUT2D eigenvalue weighted by atomic mass is 32.2. The monoisotopic (exact) mass is 552 g/mol. The maximum atomic E-state index is 13.4. The lowest BCUT2D eigenvalue weighted by atomic mass is 10.1. The minimum atomic E-state index is -3.82. The van der Waals surface area contributed by atoms with E-state index in [1.54, 1.807) is 48.5 Å². The molecule has 0 bridgehead atoms. The highest BCUT2D eigenvalue weighted by Gasteiger charge is 2.31. The molecule has 1 aliphatic rings. The van der Waals surface area contributed by atoms with Gasteiger partial charge in [-0.15, -0.1) is 0 Å². The topological polar surface area (TPSA) is 106 Å². The van der Waals surface area contributed by atoms with Crippen LogP contribution in [0, 0.1) is 5.82 Å². The Balaban J connectivity index is 1.34. The lowest BCUT2D eigenvalue weighted by molar-refractivity contribution is -0.134. The quantitative estimate of drug-likeness (QED) is 0.345. The van der Waals surface area contributed by atoms with Crippen molar-refractivity contribution in [2.75, 3.05) is 39.9 Å². The lowest BCUT2D eigenvalue weighted by Crippen LogP contribution is -2.51. The Hall–Kier alpha value is -4.22. The number of hydrogen-bond donors (Lipinski definition) is 0. The van der Waals surface area contributed by atoms with E-state index < -0.39 is 33.8 Å². The van der Waals surface area contributed by atoms with Crippen LogP contribution in [-0.4, -0.2) is 63.4 Å². The van der Waals surface area contributed by atoms with Gasteiger partial charge in [0.15, 0.2) is 12.4 Å². The molecule has 202 valence electrons. The third kappa shape index (κ3) is 5.23. The molecule has 0 N–H and O–H groups in total. The summed E-state index contributed by atoms with van der Waals surface area (Å²) >= 11 is 0. The van der Waals surface area contributed by atoms with Crippen molar-refractivity contribution in [2.45, 2.75) is 4.90 Å². The number of benzene rings is 3. The maximum absolute atomic E-state index is 13.4. The van der Waals surface area contributed by atoms with Crippen molar-refractivity contribution in [2.24, 2.45) is 0 Å². The summed E-state index contributed by atoms with van der Waals surface area (Å²) in [4.78, 5) is 27.8. The maximum Gasteiger partial charge on any atom is 0.260 e. The van der Waals surface area contributed by atoms with Gasteiger partial charge in [-0.3, -0.25) is 9.59 Å². The molecular formula is C28H25FN2O7S. The molecule has 2 heterocycles. The lowest BCUT2D eigenvalue weighted by Gasteiger charge is -2.34. The number of carbonyl (C=O) groups excluding carboxylic acids is 1. The van der Waals surface area contributed by atoms with E-state index in [0.717, 1.165) is 12.1 Å². The number of halogens is 1. The molecule has 0 spiro atoms. The Kier molecular flexibility index (Phi) is 7.36. The predicted molar refractivity (Wildman–Crippen MR) is 142 cm³/mol. The summed E-state index contributed by atoms with van der Waals surface area (Å²) in [6.45, 7) is -0.0510. The van der Waals surface area contributed by atoms with Crippen molar-refractivity contribution in [3.63, 3.8) is 0 Å². The molecule has 0 unspecified atom stereocenters. The van der Waals surface area contributed by atoms with Crippen LogP contribution in [0.15, 0.2) is 86.9 Å². The van der Waals surface area contributed by atoms with E-state index in [1.807, 2.05) is 0 Å². The third-order valence-electron chi connectivity index (χ3n) is 6.49. The molecule has 11 heteroatoms. The van der Waals surface area contributed by atoms with Gasteiger partial charge in [-0.1, -0.05) is 24.3 Å². The summed E-state index contributed by atoms with van der Waals surface area (Å²) in [5.74, 6) is -0.458. The Morgan fingerprint density at radius 2 is 1.62 bits per heavy atom. The second-order valence-corrected chi connectivity index (χ2v) is 10.8. The van der Waals surface area contributed by atoms with Gasteiger partial charge >= 0.3 is 0 Å². The summed E-state index contributed by atoms with van der Waals surface area (Å²) in [7, 11) is -2.32. The van der Waals surface area contributed by atoms with Crippen LogP contribution in [0.2, 0.25) is 0 Å². The van der Waals surface area contributed by atoms with E-state index in [4.69, 9.17) is 13.9 Å². The number of para-hydroxylation sites is 2. The highest BCUT2D eigenvalue weighted by molar-refractivity contribution is 7.89. The minimum absolute atomic E-state index is 0.0149. The van der Waals surface area contributed by atoms with Gasteiger partial charge in [0.25, 0.3) is 5.91 Å². The van der Waals surface area contributed by atoms with Crippen molar-refractivity contribution in [1.82, 2.24) is 9.21 Å². The number of sulfonamides is 1. The van der Waals surface area contributed by atoms with E-state index in [9.17, 15) is 22.4 Å². The summed E-state index contributed by atoms with van der Waals surface area (Å²) in [5, 5.41) is 0.304. The van der Waals surface area contributed by atoms with Crippen molar-refractivity contribution in [3.05, 3.63) is 88.8 Å². The van der Waals surface area contributed by atoms with Crippen LogP contribution < -0.4 is 14.9 Å². The summed E-state index contributed by atoms with van der Waals surface area (Å²) in [6.07, 6.45) is 0. The van der Waals surface area contributed by atoms with Crippen LogP contribution >= 0.6 is 0 Å². The van der Waals surface area contributed by atoms with Crippen LogP contribution in [0.1, 0.15) is 0 Å². The highest BCUT2D eigenvalue weighted by Crippen LogP contribution is 2.36. The average molecular weight is 553 g/mol. The van der Waals surface area contributed by atoms with Crippen LogP contribution in [0.3, 0.4) is 0 Å². The number of fused-ring (bicyclic) bond motifs is 1. The Morgan fingerprint density at radius 3 is 2.33 bits per heavy atom. The van der Waals surface area contributed by atoms with Gasteiger partial charge in [0.2, 0.25) is 21.2 Å². The first kappa shape index (κ1) is 26.4. The molecule has 3 aromatic carbocycles. The minimum Gasteiger partial charge on any atom is -0.496 e. The molecule has 1 amide bonds. The van der Waals surface area contributed by atoms with Crippen LogP contribution in [0.25, 0.3) is 22.3 Å². The van der Waals surface area contributed by atoms with Gasteiger partial charge in [0.05, 0.1) is 23.0 Å². The third-order valence-corrected chi connectivity index (χ3v) is 8.40. The predicted octanol–water partition coefficient (Wildman–Crippen LogP) is 3.52. The summed E-state index contributed by atoms with van der Waals surface area (Å²) < 4.78 is 57.5. The van der Waals surface area contributed by atoms with E-state index >= 15 is 0 Å². The summed E-state index contributed by atoms with van der Waals surface area (Å²) in [6, 6.07) is 18.3. The second-order valence-electron chi connectivity index (χ2n) is 8.81. The molecule has 1 saturated heterocycles. The van der Waals surface area contributed by atoms with Gasteiger partial charge in [-0.2, -0.15) is 4.31 Å². The first-order valence-electron chi connectivity index (χ1n) is 12.1. The Labute approximate surface area is 224 Å². The van der Waals surface area contributed by atoms with Gasteiger partial charge < -0.3 is 18.8 Å². The zero-order chi connectivity index (χ0) is 27.6. The fourth-order valence-electron chi connectivity index (χ4n) is 4.42. The first-order valence-corrected chi connectivity index (χ1v) is 13.6. The molecule has 1 aromatic heterocycles. The normalized spacial score (nSPS) is 14.4. The van der Waals surface area contributed by atoms with Gasteiger partial charge in [-0.25, -0.2) is 12.8 Å². The van der Waals surface area contributed by atoms with E-state index in [-0.39, 0.29) is 42.6 Å². The molecule has 39 heavy (non-hydrogen) atoms. The SMILES string of the molecule is COc1ccccc1-c1oc2ccccc2c(=O)c1OCC(=O)N1CCN(S(=O)(=O)c2ccc(F)cc2)CC1. The van der Waals surface area contributed by atoms with Crippen LogP contribution in [0.4, 0.5) is 4.39 Å². The molecule has 1 fully saturated rings. The molecule has 0 saturated carbocycles. The van der Waals surface area contributed by atoms with Crippen LogP contribution in [0.5, 0.6) is 11.5 Å². The molecule has 0 aliphatic carbocycles. The van der Waals surface area contributed by atoms with Gasteiger partial charge in [0.1, 0.15) is 17.1 Å². The van der Waals surface area contributed by atoms with E-state index in [2.05, 4.69) is 0 Å². The molecule has 0 radical (unpaired) electrons. The summed E-state index contributed by atoms with van der Waals surface area (Å²) in [5.41, 5.74) is 0.422. The number of carbonyl (C=O) groups is 1. The zero-order valence-electron chi connectivity index (χ0n) is 21.0. The number of piperazine rings is 1. The number of ether oxygens (including phenoxy) is 2. The molecule has 9 nitrogen and oxygen atoms in total. The van der Waals surface area contributed by atoms with Crippen molar-refractivity contribution in [3.8, 4) is 22.8 Å². The second kappa shape index (κ2) is 10.9.